The quantitative estimate of drug-likeness (QED) is 0.465. The molecule has 3 rings (SSSR count). The number of benzene rings is 2. The fourth-order valence-corrected chi connectivity index (χ4v) is 3.68. The Morgan fingerprint density at radius 1 is 1.13 bits per heavy atom. The molecule has 0 bridgehead atoms. The van der Waals surface area contributed by atoms with E-state index in [1.54, 1.807) is 25.1 Å². The summed E-state index contributed by atoms with van der Waals surface area (Å²) < 4.78 is 6.45. The molecule has 7 nitrogen and oxygen atoms in total. The molecule has 0 aliphatic carbocycles. The molecule has 0 saturated heterocycles. The number of thiocarbonyl (C=S) groups is 1. The molecule has 3 N–H and O–H groups in total. The Balaban J connectivity index is 1.63. The van der Waals surface area contributed by atoms with Gasteiger partial charge in [-0.05, 0) is 55.0 Å². The number of amides is 2. The van der Waals surface area contributed by atoms with Crippen LogP contribution in [0.3, 0.4) is 0 Å². The standard InChI is InChI=1S/C21H22N4O3S2/c1-3-10-28-15-7-5-6-13(11-15)19(27)25-20(29)22-14-8-9-16-17(12-14)30-21(23-16)24-18(26)4-2/h5-9,11-12H,3-4,10H2,1-2H3,(H,23,24,26)(H2,22,25,27,29). The Bertz CT molecular complexity index is 1080. The number of ether oxygens (including phenoxy) is 1. The Morgan fingerprint density at radius 2 is 1.97 bits per heavy atom. The summed E-state index contributed by atoms with van der Waals surface area (Å²) in [5, 5.41) is 9.17. The van der Waals surface area contributed by atoms with Gasteiger partial charge in [0.05, 0.1) is 16.8 Å². The number of fused-ring (bicyclic) bond motifs is 1. The lowest BCUT2D eigenvalue weighted by molar-refractivity contribution is -0.115. The maximum absolute atomic E-state index is 12.5. The van der Waals surface area contributed by atoms with Crippen LogP contribution in [0.15, 0.2) is 42.5 Å². The lowest BCUT2D eigenvalue weighted by atomic mass is 10.2. The van der Waals surface area contributed by atoms with E-state index >= 15 is 0 Å². The van der Waals surface area contributed by atoms with E-state index in [2.05, 4.69) is 20.9 Å². The second-order valence-corrected chi connectivity index (χ2v) is 7.83. The predicted octanol–water partition coefficient (Wildman–Crippen LogP) is 4.56. The maximum atomic E-state index is 12.5. The Morgan fingerprint density at radius 3 is 2.73 bits per heavy atom. The van der Waals surface area contributed by atoms with Crippen molar-refractivity contribution < 1.29 is 14.3 Å². The first-order chi connectivity index (χ1) is 14.5. The Labute approximate surface area is 183 Å². The molecule has 0 aliphatic rings. The number of carbonyl (C=O) groups excluding carboxylic acids is 2. The largest absolute Gasteiger partial charge is 0.494 e. The van der Waals surface area contributed by atoms with Crippen LogP contribution in [0.1, 0.15) is 37.0 Å². The van der Waals surface area contributed by atoms with Gasteiger partial charge in [0.25, 0.3) is 5.91 Å². The van der Waals surface area contributed by atoms with Crippen LogP contribution in [-0.4, -0.2) is 28.5 Å². The van der Waals surface area contributed by atoms with E-state index in [1.165, 1.54) is 11.3 Å². The molecule has 2 amide bonds. The third kappa shape index (κ3) is 5.74. The highest BCUT2D eigenvalue weighted by Crippen LogP contribution is 2.28. The molecule has 0 unspecified atom stereocenters. The number of hydrogen-bond acceptors (Lipinski definition) is 6. The number of carbonyl (C=O) groups is 2. The lowest BCUT2D eigenvalue weighted by Crippen LogP contribution is -2.34. The van der Waals surface area contributed by atoms with Crippen molar-refractivity contribution in [1.29, 1.82) is 0 Å². The summed E-state index contributed by atoms with van der Waals surface area (Å²) >= 11 is 6.65. The monoisotopic (exact) mass is 442 g/mol. The summed E-state index contributed by atoms with van der Waals surface area (Å²) in [5.41, 5.74) is 1.95. The van der Waals surface area contributed by atoms with Crippen molar-refractivity contribution >= 4 is 61.5 Å². The highest BCUT2D eigenvalue weighted by atomic mass is 32.1. The first-order valence-electron chi connectivity index (χ1n) is 9.54. The molecule has 0 spiro atoms. The normalized spacial score (nSPS) is 10.5. The van der Waals surface area contributed by atoms with Crippen molar-refractivity contribution in [3.8, 4) is 5.75 Å². The molecular formula is C21H22N4O3S2. The fraction of sp³-hybridized carbons (Fsp3) is 0.238. The van der Waals surface area contributed by atoms with Gasteiger partial charge in [0, 0.05) is 17.7 Å². The number of nitrogens with zero attached hydrogens (tertiary/aromatic N) is 1. The van der Waals surface area contributed by atoms with E-state index in [1.807, 2.05) is 31.2 Å². The molecule has 30 heavy (non-hydrogen) atoms. The van der Waals surface area contributed by atoms with Crippen molar-refractivity contribution in [2.75, 3.05) is 17.2 Å². The van der Waals surface area contributed by atoms with Crippen molar-refractivity contribution in [2.45, 2.75) is 26.7 Å². The molecule has 0 radical (unpaired) electrons. The second kappa shape index (κ2) is 10.1. The van der Waals surface area contributed by atoms with Gasteiger partial charge in [-0.15, -0.1) is 0 Å². The molecule has 2 aromatic carbocycles. The van der Waals surface area contributed by atoms with Gasteiger partial charge in [-0.25, -0.2) is 4.98 Å². The summed E-state index contributed by atoms with van der Waals surface area (Å²) in [7, 11) is 0. The molecule has 0 aliphatic heterocycles. The van der Waals surface area contributed by atoms with Crippen LogP contribution in [0.25, 0.3) is 10.2 Å². The average molecular weight is 443 g/mol. The number of hydrogen-bond donors (Lipinski definition) is 3. The average Bonchev–Trinajstić information content (AvgIpc) is 3.13. The molecule has 0 saturated carbocycles. The SMILES string of the molecule is CCCOc1cccc(C(=O)NC(=S)Nc2ccc3nc(NC(=O)CC)sc3c2)c1. The van der Waals surface area contributed by atoms with Crippen LogP contribution < -0.4 is 20.7 Å². The van der Waals surface area contributed by atoms with E-state index in [0.29, 0.717) is 35.2 Å². The molecule has 156 valence electrons. The van der Waals surface area contributed by atoms with E-state index in [4.69, 9.17) is 17.0 Å². The number of anilines is 2. The van der Waals surface area contributed by atoms with Gasteiger partial charge < -0.3 is 15.4 Å². The highest BCUT2D eigenvalue weighted by Gasteiger charge is 2.11. The predicted molar refractivity (Wildman–Crippen MR) is 124 cm³/mol. The van der Waals surface area contributed by atoms with Crippen molar-refractivity contribution in [3.05, 3.63) is 48.0 Å². The van der Waals surface area contributed by atoms with Crippen molar-refractivity contribution in [3.63, 3.8) is 0 Å². The van der Waals surface area contributed by atoms with Gasteiger partial charge in [-0.3, -0.25) is 14.9 Å². The zero-order valence-electron chi connectivity index (χ0n) is 16.7. The molecule has 0 atom stereocenters. The topological polar surface area (TPSA) is 92.3 Å². The first-order valence-corrected chi connectivity index (χ1v) is 10.8. The van der Waals surface area contributed by atoms with Crippen LogP contribution in [0, 0.1) is 0 Å². The molecule has 0 fully saturated rings. The molecular weight excluding hydrogens is 420 g/mol. The Hall–Kier alpha value is -3.04. The van der Waals surface area contributed by atoms with Gasteiger partial charge in [0.2, 0.25) is 5.91 Å². The van der Waals surface area contributed by atoms with Crippen LogP contribution in [0.4, 0.5) is 10.8 Å². The first kappa shape index (κ1) is 21.7. The van der Waals surface area contributed by atoms with Crippen LogP contribution >= 0.6 is 23.6 Å². The van der Waals surface area contributed by atoms with Gasteiger partial charge in [0.15, 0.2) is 10.2 Å². The van der Waals surface area contributed by atoms with Gasteiger partial charge in [0.1, 0.15) is 5.75 Å². The number of thiazole rings is 1. The summed E-state index contributed by atoms with van der Waals surface area (Å²) in [6.07, 6.45) is 1.28. The summed E-state index contributed by atoms with van der Waals surface area (Å²) in [6, 6.07) is 12.5. The van der Waals surface area contributed by atoms with E-state index in [-0.39, 0.29) is 16.9 Å². The maximum Gasteiger partial charge on any atom is 0.257 e. The summed E-state index contributed by atoms with van der Waals surface area (Å²) in [5.74, 6) is 0.239. The number of aromatic nitrogens is 1. The number of nitrogens with one attached hydrogen (secondary N) is 3. The second-order valence-electron chi connectivity index (χ2n) is 6.39. The van der Waals surface area contributed by atoms with Gasteiger partial charge in [-0.2, -0.15) is 0 Å². The van der Waals surface area contributed by atoms with E-state index in [0.717, 1.165) is 16.6 Å². The van der Waals surface area contributed by atoms with Crippen LogP contribution in [0.2, 0.25) is 0 Å². The molecule has 1 heterocycles. The summed E-state index contributed by atoms with van der Waals surface area (Å²) in [6.45, 7) is 4.40. The Kier molecular flexibility index (Phi) is 7.31. The van der Waals surface area contributed by atoms with E-state index < -0.39 is 0 Å². The number of rotatable bonds is 7. The smallest absolute Gasteiger partial charge is 0.257 e. The molecule has 1 aromatic heterocycles. The van der Waals surface area contributed by atoms with Crippen molar-refractivity contribution in [1.82, 2.24) is 10.3 Å². The third-order valence-electron chi connectivity index (χ3n) is 4.01. The van der Waals surface area contributed by atoms with Gasteiger partial charge >= 0.3 is 0 Å². The van der Waals surface area contributed by atoms with Crippen LogP contribution in [0.5, 0.6) is 5.75 Å². The highest BCUT2D eigenvalue weighted by molar-refractivity contribution is 7.80. The van der Waals surface area contributed by atoms with Gasteiger partial charge in [-0.1, -0.05) is 31.3 Å². The lowest BCUT2D eigenvalue weighted by Gasteiger charge is -2.10. The van der Waals surface area contributed by atoms with E-state index in [9.17, 15) is 9.59 Å². The minimum atomic E-state index is -0.321. The fourth-order valence-electron chi connectivity index (χ4n) is 2.55. The zero-order chi connectivity index (χ0) is 21.5. The minimum absolute atomic E-state index is 0.0829. The molecule has 3 aromatic rings. The minimum Gasteiger partial charge on any atom is -0.494 e. The summed E-state index contributed by atoms with van der Waals surface area (Å²) in [4.78, 5) is 28.4. The molecule has 9 heteroatoms. The zero-order valence-corrected chi connectivity index (χ0v) is 18.3. The third-order valence-corrected chi connectivity index (χ3v) is 5.15. The van der Waals surface area contributed by atoms with Crippen molar-refractivity contribution in [2.24, 2.45) is 0 Å². The van der Waals surface area contributed by atoms with Crippen LogP contribution in [-0.2, 0) is 4.79 Å².